The van der Waals surface area contributed by atoms with Crippen LogP contribution >= 0.6 is 0 Å². The summed E-state index contributed by atoms with van der Waals surface area (Å²) in [4.78, 5) is 33.7. The lowest BCUT2D eigenvalue weighted by atomic mass is 9.73. The summed E-state index contributed by atoms with van der Waals surface area (Å²) >= 11 is 0. The molecule has 0 radical (unpaired) electrons. The van der Waals surface area contributed by atoms with Crippen molar-refractivity contribution in [3.63, 3.8) is 0 Å². The second-order valence-corrected chi connectivity index (χ2v) is 29.6. The highest BCUT2D eigenvalue weighted by Crippen LogP contribution is 2.57. The number of hydrogen-bond acceptors (Lipinski definition) is 12. The van der Waals surface area contributed by atoms with E-state index in [1.807, 2.05) is 212 Å². The third kappa shape index (κ3) is 13.7. The molecule has 12 heteroatoms. The van der Waals surface area contributed by atoms with Gasteiger partial charge >= 0.3 is 0 Å². The highest BCUT2D eigenvalue weighted by atomic mass is 16.5. The zero-order valence-electron chi connectivity index (χ0n) is 64.6. The summed E-state index contributed by atoms with van der Waals surface area (Å²) in [5.41, 5.74) is 26.1. The number of rotatable bonds is 11. The number of aromatic nitrogens is 5. The van der Waals surface area contributed by atoms with Crippen molar-refractivity contribution in [3.8, 4) is 114 Å². The normalized spacial score (nSPS) is 12.7. The number of fused-ring (bicyclic) bond motifs is 8. The zero-order valence-corrected chi connectivity index (χ0v) is 64.6. The minimum Gasteiger partial charge on any atom is -0.453 e. The lowest BCUT2D eigenvalue weighted by Crippen LogP contribution is -2.30. The van der Waals surface area contributed by atoms with Crippen molar-refractivity contribution in [1.82, 2.24) is 24.9 Å². The first kappa shape index (κ1) is 71.3. The van der Waals surface area contributed by atoms with Crippen LogP contribution in [-0.2, 0) is 5.41 Å². The quantitative estimate of drug-likeness (QED) is 0.123. The topological polar surface area (TPSA) is 105 Å². The number of nitrogens with zero attached hydrogens (tertiary/aromatic N) is 9. The first-order valence-electron chi connectivity index (χ1n) is 39.5. The average Bonchev–Trinajstić information content (AvgIpc) is 0.720. The van der Waals surface area contributed by atoms with Gasteiger partial charge in [0.2, 0.25) is 0 Å². The Kier molecular flexibility index (Phi) is 18.7. The van der Waals surface area contributed by atoms with E-state index in [0.29, 0.717) is 17.5 Å². The van der Waals surface area contributed by atoms with E-state index in [0.717, 1.165) is 147 Å². The van der Waals surface area contributed by atoms with Gasteiger partial charge in [0.25, 0.3) is 0 Å². The van der Waals surface area contributed by atoms with E-state index >= 15 is 0 Å². The van der Waals surface area contributed by atoms with Crippen molar-refractivity contribution >= 4 is 68.2 Å². The summed E-state index contributed by atoms with van der Waals surface area (Å²) in [6.07, 6.45) is 1.94. The van der Waals surface area contributed by atoms with E-state index in [2.05, 4.69) is 240 Å². The fourth-order valence-corrected chi connectivity index (χ4v) is 16.1. The molecule has 0 bridgehead atoms. The zero-order chi connectivity index (χ0) is 78.9. The number of hydrogen-bond donors (Lipinski definition) is 0. The van der Waals surface area contributed by atoms with Crippen molar-refractivity contribution in [2.45, 2.75) is 19.3 Å². The van der Waals surface area contributed by atoms with Gasteiger partial charge in [-0.2, -0.15) is 0 Å². The molecule has 0 atom stereocenters. The van der Waals surface area contributed by atoms with E-state index in [1.165, 1.54) is 28.1 Å². The molecule has 3 aromatic heterocycles. The van der Waals surface area contributed by atoms with Gasteiger partial charge in [-0.3, -0.25) is 4.98 Å². The molecule has 22 rings (SSSR count). The van der Waals surface area contributed by atoms with E-state index in [-0.39, 0.29) is 5.41 Å². The molecule has 0 spiro atoms. The summed E-state index contributed by atoms with van der Waals surface area (Å²) < 4.78 is 18.9. The molecular formula is C106H75N9O3. The van der Waals surface area contributed by atoms with Crippen molar-refractivity contribution in [1.29, 1.82) is 0 Å². The Morgan fingerprint density at radius 3 is 0.873 bits per heavy atom. The maximum Gasteiger partial charge on any atom is 0.164 e. The fourth-order valence-electron chi connectivity index (χ4n) is 16.1. The number of pyridine rings is 2. The molecule has 118 heavy (non-hydrogen) atoms. The molecule has 15 aromatic carbocycles. The Morgan fingerprint density at radius 1 is 0.203 bits per heavy atom. The lowest BCUT2D eigenvalue weighted by Gasteiger charge is -2.42. The first-order valence-corrected chi connectivity index (χ1v) is 39.5. The van der Waals surface area contributed by atoms with Crippen LogP contribution in [0, 0.1) is 0 Å². The molecule has 0 amide bonds. The van der Waals surface area contributed by atoms with Crippen molar-refractivity contribution in [2.75, 3.05) is 19.6 Å². The van der Waals surface area contributed by atoms with Gasteiger partial charge in [0.05, 0.1) is 62.6 Å². The predicted molar refractivity (Wildman–Crippen MR) is 477 cm³/mol. The van der Waals surface area contributed by atoms with Gasteiger partial charge in [0.1, 0.15) is 0 Å². The number of benzene rings is 15. The average molecular weight is 1520 g/mol. The third-order valence-electron chi connectivity index (χ3n) is 21.8. The lowest BCUT2D eigenvalue weighted by molar-refractivity contribution is 0.476. The smallest absolute Gasteiger partial charge is 0.164 e. The molecule has 12 nitrogen and oxygen atoms in total. The van der Waals surface area contributed by atoms with E-state index in [9.17, 15) is 0 Å². The van der Waals surface area contributed by atoms with E-state index < -0.39 is 0 Å². The van der Waals surface area contributed by atoms with Crippen LogP contribution < -0.4 is 33.8 Å². The van der Waals surface area contributed by atoms with Crippen LogP contribution in [0.3, 0.4) is 0 Å². The molecule has 0 aliphatic carbocycles. The van der Waals surface area contributed by atoms with Crippen LogP contribution in [0.4, 0.5) is 68.2 Å². The molecule has 18 aromatic rings. The summed E-state index contributed by atoms with van der Waals surface area (Å²) in [6, 6.07) is 141. The van der Waals surface area contributed by atoms with Gasteiger partial charge in [-0.25, -0.2) is 19.9 Å². The minimum absolute atomic E-state index is 0.0871. The van der Waals surface area contributed by atoms with E-state index in [4.69, 9.17) is 39.1 Å². The summed E-state index contributed by atoms with van der Waals surface area (Å²) in [6.45, 7) is 4.61. The molecule has 0 saturated carbocycles. The minimum atomic E-state index is -0.0871. The van der Waals surface area contributed by atoms with Crippen LogP contribution in [-0.4, -0.2) is 24.9 Å². The van der Waals surface area contributed by atoms with Gasteiger partial charge in [-0.05, 0) is 174 Å². The molecular weight excluding hydrogens is 1450 g/mol. The van der Waals surface area contributed by atoms with Crippen molar-refractivity contribution in [3.05, 3.63) is 430 Å². The molecule has 0 N–H and O–H groups in total. The number of anilines is 12. The van der Waals surface area contributed by atoms with Gasteiger partial charge in [0, 0.05) is 73.3 Å². The highest BCUT2D eigenvalue weighted by molar-refractivity contribution is 5.95. The predicted octanol–water partition coefficient (Wildman–Crippen LogP) is 28.5. The number of ether oxygens (including phenoxy) is 3. The number of para-hydroxylation sites is 14. The molecule has 562 valence electrons. The fraction of sp³-hybridized carbons (Fsp3) is 0.0283. The SMILES string of the molecule is CC1(C)c2ccccc2N(c2ccc(-c3nc(-c4ccccc4)nc(-c4ccccc4)n3)cc2)c2ccccc21.c1ccc(-c2ccc(-c3ccc(N4c5ccccc5Oc5ccccc54)cc3)nc2)cc1.c1ccc(-c2cccc(-c3cc(N4c5ccccc5Oc5ccccc54)cc(N4c5ccccc5Oc5ccccc54)c3)n2)cc1. The molecule has 0 fully saturated rings. The van der Waals surface area contributed by atoms with Crippen LogP contribution in [0.1, 0.15) is 25.0 Å². The maximum absolute atomic E-state index is 6.37. The monoisotopic (exact) mass is 1520 g/mol. The van der Waals surface area contributed by atoms with Gasteiger partial charge in [0.15, 0.2) is 52.0 Å². The first-order chi connectivity index (χ1) is 58.3. The summed E-state index contributed by atoms with van der Waals surface area (Å²) in [5, 5.41) is 0. The van der Waals surface area contributed by atoms with Crippen molar-refractivity contribution < 1.29 is 14.2 Å². The van der Waals surface area contributed by atoms with Crippen LogP contribution in [0.25, 0.3) is 79.1 Å². The Labute approximate surface area is 685 Å². The Morgan fingerprint density at radius 2 is 0.492 bits per heavy atom. The second kappa shape index (κ2) is 31.0. The summed E-state index contributed by atoms with van der Waals surface area (Å²) in [7, 11) is 0. The van der Waals surface area contributed by atoms with Gasteiger partial charge in [-0.1, -0.05) is 269 Å². The Bertz CT molecular complexity index is 6350. The molecule has 0 unspecified atom stereocenters. The van der Waals surface area contributed by atoms with Crippen LogP contribution in [0.2, 0.25) is 0 Å². The van der Waals surface area contributed by atoms with Crippen molar-refractivity contribution in [2.24, 2.45) is 0 Å². The second-order valence-electron chi connectivity index (χ2n) is 29.6. The Balaban J connectivity index is 0.000000115. The van der Waals surface area contributed by atoms with Gasteiger partial charge in [-0.15, -0.1) is 0 Å². The van der Waals surface area contributed by atoms with Gasteiger partial charge < -0.3 is 33.8 Å². The molecule has 4 aliphatic rings. The third-order valence-corrected chi connectivity index (χ3v) is 21.8. The molecule has 7 heterocycles. The standard InChI is InChI=1S/C41H27N3O2.C36H28N4.C29H20N2O/c1-2-13-28(14-3-1)32-15-12-16-33(42-32)29-25-30(43-34-17-4-8-21-38(34)45-39-22-9-5-18-35(39)43)27-31(26-29)44-36-19-6-10-23-40(36)46-41-24-11-7-20-37(41)44;1-36(2)29-17-9-11-19-31(29)40(32-20-12-10-18-30(32)36)28-23-21-27(22-24-28)35-38-33(25-13-5-3-6-14-25)37-34(39-35)26-15-7-4-8-16-26;1-2-8-21(9-3-1)23-16-19-25(30-20-23)22-14-17-24(18-15-22)31-26-10-4-6-12-28(26)32-29-13-7-5-11-27(29)31/h1-27H;3-24H,1-2H3;1-20H. The largest absolute Gasteiger partial charge is 0.453 e. The maximum atomic E-state index is 6.37. The van der Waals surface area contributed by atoms with E-state index in [1.54, 1.807) is 0 Å². The van der Waals surface area contributed by atoms with Crippen LogP contribution in [0.5, 0.6) is 34.5 Å². The molecule has 4 aliphatic heterocycles. The Hall–Kier alpha value is -15.8. The van der Waals surface area contributed by atoms with Crippen LogP contribution in [0.15, 0.2) is 419 Å². The molecule has 0 saturated heterocycles. The highest BCUT2D eigenvalue weighted by Gasteiger charge is 2.37. The summed E-state index contributed by atoms with van der Waals surface area (Å²) in [5.74, 6) is 6.91.